The van der Waals surface area contributed by atoms with Crippen LogP contribution in [0.2, 0.25) is 0 Å². The standard InChI is InChI=1S/C10H14.3C9H13N.C9H15N.C9H14O.C9H14S.C8H12O.C8H12S.C7H12N2.7C2H6/c1-10(2,3)9-7-5-4-6-8-9;1-9(2,3)8-4-6-10-7-5-8;1-9(2,3)8-5-4-6-10-7-8;1-9(2,3)8-6-4-5-7-10-8;3*1-4-9(2,3)8-5-6-10-7-8;2*1-8(2,3)7-5-4-6-9-7;1-7(2,3)6-8-4-5-9-6;7*1-2/h4-8H,1-3H3;3*4-7H,1-3H3;5-7,10H,4H2,1-3H3;2*5-7H,4H2,1-3H3;2*4-6H,1-3H3;4-5H,1-3H3,(H,8,9);7*1-2H3. The van der Waals surface area contributed by atoms with E-state index in [0.717, 1.165) is 23.7 Å². The van der Waals surface area contributed by atoms with E-state index in [9.17, 15) is 0 Å². The SMILES string of the molecule is CC.CC.CC.CC.CC.CC.CC.CC(C)(C)c1ccccc1.CC(C)(C)c1ccccn1.CC(C)(C)c1cccnc1.CC(C)(C)c1ccco1.CC(C)(C)c1cccs1.CC(C)(C)c1ccncc1.CC(C)(C)c1ncc[nH]1.CCC(C)(C)c1cc[nH]c1.CCC(C)(C)c1ccoc1.CCC(C)(C)c1ccsc1. The molecule has 10 rings (SSSR count). The minimum atomic E-state index is 0.156. The van der Waals surface area contributed by atoms with E-state index in [0.29, 0.717) is 21.7 Å². The third-order valence-electron chi connectivity index (χ3n) is 16.5. The number of furan rings is 2. The number of nitrogens with zero attached hydrogens (tertiary/aromatic N) is 4. The Bertz CT molecular complexity index is 3000. The lowest BCUT2D eigenvalue weighted by atomic mass is 9.84. The number of aromatic amines is 2. The highest BCUT2D eigenvalue weighted by atomic mass is 32.1. The van der Waals surface area contributed by atoms with Crippen molar-refractivity contribution in [2.24, 2.45) is 0 Å². The van der Waals surface area contributed by atoms with E-state index >= 15 is 0 Å². The van der Waals surface area contributed by atoms with Crippen LogP contribution in [0, 0.1) is 0 Å². The first-order valence-electron chi connectivity index (χ1n) is 41.8. The van der Waals surface area contributed by atoms with Crippen molar-refractivity contribution in [3.8, 4) is 0 Å². The maximum absolute atomic E-state index is 5.20. The van der Waals surface area contributed by atoms with E-state index in [-0.39, 0.29) is 32.5 Å². The fraction of sp³-hybridized carbons (Fsp3) is 0.564. The van der Waals surface area contributed by atoms with E-state index in [2.05, 4.69) is 339 Å². The van der Waals surface area contributed by atoms with Gasteiger partial charge in [0.05, 0.1) is 18.8 Å². The number of rotatable bonds is 6. The van der Waals surface area contributed by atoms with Gasteiger partial charge in [-0.2, -0.15) is 11.3 Å². The highest BCUT2D eigenvalue weighted by Gasteiger charge is 2.22. The summed E-state index contributed by atoms with van der Waals surface area (Å²) in [4.78, 5) is 24.0. The van der Waals surface area contributed by atoms with E-state index < -0.39 is 0 Å². The molecule has 632 valence electrons. The molecule has 0 saturated heterocycles. The van der Waals surface area contributed by atoms with Gasteiger partial charge in [-0.1, -0.05) is 353 Å². The maximum Gasteiger partial charge on any atom is 0.111 e. The van der Waals surface area contributed by atoms with Gasteiger partial charge >= 0.3 is 0 Å². The van der Waals surface area contributed by atoms with E-state index in [4.69, 9.17) is 8.83 Å². The summed E-state index contributed by atoms with van der Waals surface area (Å²) >= 11 is 3.61. The summed E-state index contributed by atoms with van der Waals surface area (Å²) in [6, 6.07) is 39.4. The lowest BCUT2D eigenvalue weighted by molar-refractivity contribution is 0.409. The third kappa shape index (κ3) is 56.9. The third-order valence-corrected chi connectivity index (χ3v) is 18.5. The second kappa shape index (κ2) is 63.5. The van der Waals surface area contributed by atoms with Crippen molar-refractivity contribution >= 4 is 22.7 Å². The normalized spacial score (nSPS) is 10.6. The molecule has 2 N–H and O–H groups in total. The van der Waals surface area contributed by atoms with E-state index in [1.807, 2.05) is 188 Å². The first kappa shape index (κ1) is 117. The number of imidazole rings is 1. The number of hydrogen-bond acceptors (Lipinski definition) is 8. The molecule has 0 saturated carbocycles. The fourth-order valence-corrected chi connectivity index (χ4v) is 9.81. The molecule has 0 aliphatic heterocycles. The summed E-state index contributed by atoms with van der Waals surface area (Å²) in [5, 5.41) is 6.51. The van der Waals surface area contributed by atoms with Crippen LogP contribution in [-0.4, -0.2) is 29.9 Å². The fourth-order valence-electron chi connectivity index (χ4n) is 8.15. The van der Waals surface area contributed by atoms with Crippen LogP contribution in [-0.2, 0) is 54.1 Å². The largest absolute Gasteiger partial charge is 0.472 e. The monoisotopic (exact) mass is 1570 g/mol. The van der Waals surface area contributed by atoms with E-state index in [1.165, 1.54) is 51.1 Å². The van der Waals surface area contributed by atoms with Crippen LogP contribution in [0.25, 0.3) is 0 Å². The molecule has 0 unspecified atom stereocenters. The number of aromatic nitrogens is 6. The Kier molecular flexibility index (Phi) is 67.2. The predicted octanol–water partition coefficient (Wildman–Crippen LogP) is 33.7. The maximum atomic E-state index is 5.20. The van der Waals surface area contributed by atoms with Gasteiger partial charge < -0.3 is 18.8 Å². The van der Waals surface area contributed by atoms with Crippen LogP contribution in [0.5, 0.6) is 0 Å². The molecule has 0 amide bonds. The molecule has 111 heavy (non-hydrogen) atoms. The number of thiophene rings is 2. The molecule has 9 aromatic heterocycles. The van der Waals surface area contributed by atoms with Gasteiger partial charge in [-0.05, 0) is 173 Å². The van der Waals surface area contributed by atoms with Crippen LogP contribution >= 0.6 is 22.7 Å². The van der Waals surface area contributed by atoms with Gasteiger partial charge in [0, 0.05) is 82.6 Å². The molecule has 0 fully saturated rings. The summed E-state index contributed by atoms with van der Waals surface area (Å²) in [6.45, 7) is 94.0. The molecule has 9 heterocycles. The summed E-state index contributed by atoms with van der Waals surface area (Å²) in [6.07, 6.45) is 25.7. The summed E-state index contributed by atoms with van der Waals surface area (Å²) in [7, 11) is 0. The summed E-state index contributed by atoms with van der Waals surface area (Å²) in [5.41, 5.74) is 11.9. The first-order valence-corrected chi connectivity index (χ1v) is 43.6. The Morgan fingerprint density at radius 1 is 0.342 bits per heavy atom. The van der Waals surface area contributed by atoms with Gasteiger partial charge in [0.1, 0.15) is 11.6 Å². The van der Waals surface area contributed by atoms with Crippen molar-refractivity contribution in [2.75, 3.05) is 0 Å². The van der Waals surface area contributed by atoms with Crippen molar-refractivity contribution in [1.82, 2.24) is 29.9 Å². The van der Waals surface area contributed by atoms with Gasteiger partial charge in [-0.25, -0.2) is 4.98 Å². The Labute approximate surface area is 696 Å². The van der Waals surface area contributed by atoms with Crippen LogP contribution in [0.1, 0.15) is 379 Å². The molecular formula is C101H174N6O2S2. The molecule has 0 aliphatic carbocycles. The highest BCUT2D eigenvalue weighted by Crippen LogP contribution is 2.31. The zero-order chi connectivity index (χ0) is 88.0. The molecule has 10 aromatic rings. The Hall–Kier alpha value is -6.88. The van der Waals surface area contributed by atoms with Crippen molar-refractivity contribution in [1.29, 1.82) is 0 Å². The molecule has 1 aromatic carbocycles. The Morgan fingerprint density at radius 3 is 1.10 bits per heavy atom. The number of hydrogen-bond donors (Lipinski definition) is 2. The van der Waals surface area contributed by atoms with Crippen LogP contribution in [0.15, 0.2) is 215 Å². The van der Waals surface area contributed by atoms with Crippen molar-refractivity contribution in [3.05, 3.63) is 261 Å². The molecule has 0 radical (unpaired) electrons. The zero-order valence-electron chi connectivity index (χ0n) is 80.2. The van der Waals surface area contributed by atoms with E-state index in [1.54, 1.807) is 36.3 Å². The second-order valence-electron chi connectivity index (χ2n) is 33.5. The van der Waals surface area contributed by atoms with Crippen LogP contribution < -0.4 is 0 Å². The number of benzene rings is 1. The minimum Gasteiger partial charge on any atom is -0.472 e. The zero-order valence-corrected chi connectivity index (χ0v) is 81.8. The average molecular weight is 1570 g/mol. The lowest BCUT2D eigenvalue weighted by Crippen LogP contribution is -2.13. The smallest absolute Gasteiger partial charge is 0.111 e. The van der Waals surface area contributed by atoms with Crippen molar-refractivity contribution in [3.63, 3.8) is 0 Å². The molecule has 0 bridgehead atoms. The van der Waals surface area contributed by atoms with Crippen molar-refractivity contribution in [2.45, 2.75) is 378 Å². The predicted molar refractivity (Wildman–Crippen MR) is 505 cm³/mol. The highest BCUT2D eigenvalue weighted by molar-refractivity contribution is 7.10. The molecular weight excluding hydrogens is 1390 g/mol. The lowest BCUT2D eigenvalue weighted by Gasteiger charge is -2.20. The summed E-state index contributed by atoms with van der Waals surface area (Å²) in [5.74, 6) is 2.09. The topological polar surface area (TPSA) is 109 Å². The van der Waals surface area contributed by atoms with Gasteiger partial charge in [0.25, 0.3) is 0 Å². The number of pyridine rings is 3. The van der Waals surface area contributed by atoms with Gasteiger partial charge in [-0.3, -0.25) is 15.0 Å². The molecule has 10 heteroatoms. The number of H-pyrrole nitrogens is 2. The van der Waals surface area contributed by atoms with Gasteiger partial charge in [-0.15, -0.1) is 11.3 Å². The molecule has 8 nitrogen and oxygen atoms in total. The first-order chi connectivity index (χ1) is 51.7. The van der Waals surface area contributed by atoms with Crippen LogP contribution in [0.3, 0.4) is 0 Å². The quantitative estimate of drug-likeness (QED) is 0.172. The average Bonchev–Trinajstić information content (AvgIpc) is 1.44. The Morgan fingerprint density at radius 2 is 0.829 bits per heavy atom. The number of nitrogens with one attached hydrogen (secondary N) is 2. The second-order valence-corrected chi connectivity index (χ2v) is 35.3. The minimum absolute atomic E-state index is 0.156. The Balaban J connectivity index is -0.000000213. The van der Waals surface area contributed by atoms with Gasteiger partial charge in [0.15, 0.2) is 0 Å². The molecule has 0 spiro atoms. The van der Waals surface area contributed by atoms with Gasteiger partial charge in [0.2, 0.25) is 0 Å². The van der Waals surface area contributed by atoms with Crippen LogP contribution in [0.4, 0.5) is 0 Å². The summed E-state index contributed by atoms with van der Waals surface area (Å²) < 4.78 is 10.2. The molecule has 0 atom stereocenters. The molecule has 0 aliphatic rings. The van der Waals surface area contributed by atoms with Crippen molar-refractivity contribution < 1.29 is 8.83 Å².